The molecule has 3 aromatic heterocycles. The molecule has 4 heterocycles. The Labute approximate surface area is 206 Å². The Hall–Kier alpha value is -3.05. The summed E-state index contributed by atoms with van der Waals surface area (Å²) in [7, 11) is -4.09. The van der Waals surface area contributed by atoms with Gasteiger partial charge in [0.1, 0.15) is 21.7 Å². The number of sulfone groups is 1. The summed E-state index contributed by atoms with van der Waals surface area (Å²) in [5.74, 6) is 0. The van der Waals surface area contributed by atoms with Gasteiger partial charge in [0, 0.05) is 37.4 Å². The summed E-state index contributed by atoms with van der Waals surface area (Å²) in [5, 5.41) is 9.40. The zero-order valence-corrected chi connectivity index (χ0v) is 20.4. The first-order chi connectivity index (χ1) is 16.9. The lowest BCUT2D eigenvalue weighted by Gasteiger charge is -2.26. The van der Waals surface area contributed by atoms with Gasteiger partial charge in [-0.25, -0.2) is 13.4 Å². The second-order valence-corrected chi connectivity index (χ2v) is 10.7. The molecule has 35 heavy (non-hydrogen) atoms. The fourth-order valence-corrected chi connectivity index (χ4v) is 5.81. The van der Waals surface area contributed by atoms with Crippen molar-refractivity contribution < 1.29 is 13.2 Å². The minimum atomic E-state index is -4.09. The van der Waals surface area contributed by atoms with Crippen LogP contribution in [-0.2, 0) is 21.1 Å². The Morgan fingerprint density at radius 1 is 1.06 bits per heavy atom. The van der Waals surface area contributed by atoms with Gasteiger partial charge in [0.05, 0.1) is 23.5 Å². The van der Waals surface area contributed by atoms with E-state index in [-0.39, 0.29) is 26.2 Å². The summed E-state index contributed by atoms with van der Waals surface area (Å²) in [4.78, 5) is 20.0. The maximum Gasteiger partial charge on any atom is 0.267 e. The van der Waals surface area contributed by atoms with E-state index < -0.39 is 9.84 Å². The second kappa shape index (κ2) is 9.54. The van der Waals surface area contributed by atoms with Gasteiger partial charge in [-0.15, -0.1) is 0 Å². The highest BCUT2D eigenvalue weighted by atomic mass is 35.5. The molecule has 11 heteroatoms. The number of hydrogen-bond donors (Lipinski definition) is 1. The van der Waals surface area contributed by atoms with Crippen LogP contribution in [0.5, 0.6) is 0 Å². The Bertz CT molecular complexity index is 1620. The molecule has 0 amide bonds. The molecule has 1 aliphatic rings. The third kappa shape index (κ3) is 4.50. The molecule has 4 aromatic rings. The van der Waals surface area contributed by atoms with Crippen LogP contribution in [0.4, 0.5) is 0 Å². The van der Waals surface area contributed by atoms with Crippen LogP contribution in [0, 0.1) is 5.41 Å². The highest BCUT2D eigenvalue weighted by molar-refractivity contribution is 7.91. The molecule has 1 saturated heterocycles. The van der Waals surface area contributed by atoms with Crippen LogP contribution in [0.3, 0.4) is 0 Å². The molecule has 0 unspecified atom stereocenters. The molecular weight excluding hydrogens is 490 g/mol. The molecule has 0 radical (unpaired) electrons. The summed E-state index contributed by atoms with van der Waals surface area (Å²) in [5.41, 5.74) is 0.129. The smallest absolute Gasteiger partial charge is 0.267 e. The van der Waals surface area contributed by atoms with E-state index in [1.165, 1.54) is 39.3 Å². The number of fused-ring (bicyclic) bond motifs is 2. The SMILES string of the molecule is N=c1c(S(=O)(=O)c2ccc(Cl)cc2)cc2c(=O)n3ccccc3nc2n1CCCN1CCOCC1. The standard InChI is InChI=1S/C24H24ClN5O4S/c25-17-5-7-18(8-6-17)35(32,33)20-16-19-23(27-21-4-1-2-10-29(21)24(19)31)30(22(20)26)11-3-9-28-12-14-34-15-13-28/h1-2,4-8,10,16,26H,3,9,11-15H2. The topological polar surface area (TPSA) is 110 Å². The van der Waals surface area contributed by atoms with E-state index in [2.05, 4.69) is 9.88 Å². The predicted octanol–water partition coefficient (Wildman–Crippen LogP) is 2.34. The Balaban J connectivity index is 1.67. The lowest BCUT2D eigenvalue weighted by Crippen LogP contribution is -2.37. The van der Waals surface area contributed by atoms with Crippen molar-refractivity contribution in [2.75, 3.05) is 32.8 Å². The zero-order chi connectivity index (χ0) is 24.6. The fourth-order valence-electron chi connectivity index (χ4n) is 4.30. The number of morpholine rings is 1. The quantitative estimate of drug-likeness (QED) is 0.396. The highest BCUT2D eigenvalue weighted by Crippen LogP contribution is 2.22. The molecule has 0 atom stereocenters. The number of nitrogens with one attached hydrogen (secondary N) is 1. The Morgan fingerprint density at radius 2 is 1.80 bits per heavy atom. The lowest BCUT2D eigenvalue weighted by molar-refractivity contribution is 0.0369. The Kier molecular flexibility index (Phi) is 6.45. The summed E-state index contributed by atoms with van der Waals surface area (Å²) in [6, 6.07) is 12.2. The van der Waals surface area contributed by atoms with Gasteiger partial charge in [0.25, 0.3) is 5.56 Å². The van der Waals surface area contributed by atoms with Gasteiger partial charge >= 0.3 is 0 Å². The summed E-state index contributed by atoms with van der Waals surface area (Å²) >= 11 is 5.94. The van der Waals surface area contributed by atoms with Gasteiger partial charge in [0.15, 0.2) is 0 Å². The van der Waals surface area contributed by atoms with E-state index in [9.17, 15) is 13.2 Å². The average Bonchev–Trinajstić information content (AvgIpc) is 2.86. The monoisotopic (exact) mass is 513 g/mol. The van der Waals surface area contributed by atoms with Crippen LogP contribution in [0.1, 0.15) is 6.42 Å². The molecule has 182 valence electrons. The molecule has 5 rings (SSSR count). The van der Waals surface area contributed by atoms with Crippen molar-refractivity contribution in [3.8, 4) is 0 Å². The summed E-state index contributed by atoms with van der Waals surface area (Å²) in [6.07, 6.45) is 2.25. The van der Waals surface area contributed by atoms with Crippen LogP contribution in [0.25, 0.3) is 16.7 Å². The zero-order valence-electron chi connectivity index (χ0n) is 18.9. The van der Waals surface area contributed by atoms with Crippen molar-refractivity contribution >= 4 is 38.1 Å². The fraction of sp³-hybridized carbons (Fsp3) is 0.292. The first-order valence-corrected chi connectivity index (χ1v) is 13.1. The number of hydrogen-bond acceptors (Lipinski definition) is 7. The van der Waals surface area contributed by atoms with E-state index in [1.807, 2.05) is 0 Å². The third-order valence-electron chi connectivity index (χ3n) is 6.16. The van der Waals surface area contributed by atoms with Gasteiger partial charge in [-0.1, -0.05) is 17.7 Å². The van der Waals surface area contributed by atoms with Gasteiger partial charge in [-0.05, 0) is 48.9 Å². The maximum atomic E-state index is 13.5. The molecule has 1 fully saturated rings. The maximum absolute atomic E-state index is 13.5. The van der Waals surface area contributed by atoms with E-state index in [0.29, 0.717) is 42.5 Å². The van der Waals surface area contributed by atoms with Crippen molar-refractivity contribution in [3.63, 3.8) is 0 Å². The number of rotatable bonds is 6. The third-order valence-corrected chi connectivity index (χ3v) is 8.19. The van der Waals surface area contributed by atoms with Crippen molar-refractivity contribution in [1.82, 2.24) is 18.9 Å². The molecule has 0 bridgehead atoms. The number of halogens is 1. The minimum absolute atomic E-state index is 0.00321. The molecule has 1 aliphatic heterocycles. The lowest BCUT2D eigenvalue weighted by atomic mass is 10.3. The van der Waals surface area contributed by atoms with Gasteiger partial charge in [0.2, 0.25) is 9.84 Å². The molecular formula is C24H24ClN5O4S. The van der Waals surface area contributed by atoms with Gasteiger partial charge in [-0.3, -0.25) is 19.5 Å². The summed E-state index contributed by atoms with van der Waals surface area (Å²) in [6.45, 7) is 4.12. The van der Waals surface area contributed by atoms with E-state index in [0.717, 1.165) is 19.6 Å². The molecule has 0 spiro atoms. The number of ether oxygens (including phenoxy) is 1. The largest absolute Gasteiger partial charge is 0.379 e. The van der Waals surface area contributed by atoms with Crippen molar-refractivity contribution in [1.29, 1.82) is 5.41 Å². The summed E-state index contributed by atoms with van der Waals surface area (Å²) < 4.78 is 35.4. The van der Waals surface area contributed by atoms with Gasteiger partial charge < -0.3 is 9.30 Å². The molecule has 0 saturated carbocycles. The molecule has 1 N–H and O–H groups in total. The Morgan fingerprint density at radius 3 is 2.54 bits per heavy atom. The first kappa shape index (κ1) is 23.7. The van der Waals surface area contributed by atoms with E-state index in [4.69, 9.17) is 21.7 Å². The predicted molar refractivity (Wildman–Crippen MR) is 132 cm³/mol. The minimum Gasteiger partial charge on any atom is -0.379 e. The number of nitrogens with zero attached hydrogens (tertiary/aromatic N) is 4. The number of aryl methyl sites for hydroxylation is 1. The van der Waals surface area contributed by atoms with Crippen LogP contribution < -0.4 is 11.0 Å². The average molecular weight is 514 g/mol. The van der Waals surface area contributed by atoms with Crippen LogP contribution in [-0.4, -0.2) is 60.1 Å². The highest BCUT2D eigenvalue weighted by Gasteiger charge is 2.24. The van der Waals surface area contributed by atoms with Crippen LogP contribution in [0.15, 0.2) is 69.3 Å². The van der Waals surface area contributed by atoms with Crippen LogP contribution in [0.2, 0.25) is 5.02 Å². The number of aromatic nitrogens is 3. The van der Waals surface area contributed by atoms with E-state index >= 15 is 0 Å². The van der Waals surface area contributed by atoms with Crippen molar-refractivity contribution in [2.45, 2.75) is 22.8 Å². The van der Waals surface area contributed by atoms with Crippen molar-refractivity contribution in [2.24, 2.45) is 0 Å². The molecule has 1 aromatic carbocycles. The normalized spacial score (nSPS) is 15.1. The van der Waals surface area contributed by atoms with Crippen molar-refractivity contribution in [3.05, 3.63) is 75.6 Å². The molecule has 9 nitrogen and oxygen atoms in total. The van der Waals surface area contributed by atoms with E-state index in [1.54, 1.807) is 24.4 Å². The second-order valence-electron chi connectivity index (χ2n) is 8.36. The first-order valence-electron chi connectivity index (χ1n) is 11.3. The number of benzene rings is 1. The molecule has 0 aliphatic carbocycles. The van der Waals surface area contributed by atoms with Gasteiger partial charge in [-0.2, -0.15) is 0 Å². The van der Waals surface area contributed by atoms with Crippen LogP contribution >= 0.6 is 11.6 Å². The number of pyridine rings is 2.